The lowest BCUT2D eigenvalue weighted by molar-refractivity contribution is 0.660. The van der Waals surface area contributed by atoms with E-state index in [4.69, 9.17) is 0 Å². The first-order valence-corrected chi connectivity index (χ1v) is 23.8. The average Bonchev–Trinajstić information content (AvgIpc) is 3.92. The maximum atomic E-state index is 2.52. The van der Waals surface area contributed by atoms with Crippen LogP contribution in [-0.2, 0) is 10.8 Å². The van der Waals surface area contributed by atoms with E-state index in [0.717, 1.165) is 0 Å². The highest BCUT2D eigenvalue weighted by atomic mass is 32.1. The molecule has 11 aromatic carbocycles. The molecule has 0 unspecified atom stereocenters. The summed E-state index contributed by atoms with van der Waals surface area (Å²) in [6, 6.07) is 73.6. The fourth-order valence-corrected chi connectivity index (χ4v) is 13.7. The van der Waals surface area contributed by atoms with Crippen LogP contribution in [0.5, 0.6) is 0 Å². The van der Waals surface area contributed by atoms with Crippen molar-refractivity contribution in [2.45, 2.75) is 38.5 Å². The molecular weight excluding hydrogens is 801 g/mol. The molecule has 0 N–H and O–H groups in total. The topological polar surface area (TPSA) is 0 Å². The van der Waals surface area contributed by atoms with Gasteiger partial charge in [0.25, 0.3) is 0 Å². The summed E-state index contributed by atoms with van der Waals surface area (Å²) in [6.45, 7) is 9.72. The van der Waals surface area contributed by atoms with Gasteiger partial charge in [-0.05, 0) is 139 Å². The molecule has 306 valence electrons. The number of hydrogen-bond donors (Lipinski definition) is 0. The van der Waals surface area contributed by atoms with Gasteiger partial charge in [0.05, 0.1) is 0 Å². The summed E-state index contributed by atoms with van der Waals surface area (Å²) in [7, 11) is 0. The molecule has 1 heterocycles. The Kier molecular flexibility index (Phi) is 7.49. The van der Waals surface area contributed by atoms with Gasteiger partial charge in [-0.2, -0.15) is 0 Å². The fourth-order valence-electron chi connectivity index (χ4n) is 12.4. The first kappa shape index (κ1) is 37.1. The molecule has 0 saturated carbocycles. The Morgan fingerprint density at radius 3 is 1.66 bits per heavy atom. The lowest BCUT2D eigenvalue weighted by Crippen LogP contribution is -2.15. The van der Waals surface area contributed by atoms with Crippen molar-refractivity contribution < 1.29 is 0 Å². The Balaban J connectivity index is 0.977. The van der Waals surface area contributed by atoms with Crippen molar-refractivity contribution in [3.63, 3.8) is 0 Å². The van der Waals surface area contributed by atoms with Gasteiger partial charge >= 0.3 is 0 Å². The van der Waals surface area contributed by atoms with E-state index in [1.807, 2.05) is 11.3 Å². The molecule has 0 nitrogen and oxygen atoms in total. The Bertz CT molecular complexity index is 4000. The van der Waals surface area contributed by atoms with E-state index in [1.165, 1.54) is 141 Å². The van der Waals surface area contributed by atoms with Crippen molar-refractivity contribution in [2.24, 2.45) is 0 Å². The van der Waals surface area contributed by atoms with E-state index in [0.29, 0.717) is 0 Å². The number of rotatable bonds is 3. The molecule has 1 aromatic heterocycles. The second-order valence-electron chi connectivity index (χ2n) is 19.5. The minimum atomic E-state index is -0.180. The van der Waals surface area contributed by atoms with Crippen LogP contribution in [0.4, 0.5) is 0 Å². The molecule has 0 saturated heterocycles. The van der Waals surface area contributed by atoms with Gasteiger partial charge in [0.1, 0.15) is 0 Å². The van der Waals surface area contributed by atoms with Crippen LogP contribution in [0, 0.1) is 0 Å². The van der Waals surface area contributed by atoms with Crippen LogP contribution in [-0.4, -0.2) is 0 Å². The smallest absolute Gasteiger partial charge is 0.0433 e. The molecule has 0 spiro atoms. The van der Waals surface area contributed by atoms with Crippen molar-refractivity contribution in [3.05, 3.63) is 216 Å². The molecule has 0 fully saturated rings. The summed E-state index contributed by atoms with van der Waals surface area (Å²) in [4.78, 5) is 0. The van der Waals surface area contributed by atoms with Crippen molar-refractivity contribution in [1.82, 2.24) is 0 Å². The summed E-state index contributed by atoms with van der Waals surface area (Å²) in [5.74, 6) is 0. The minimum absolute atomic E-state index is 0.150. The average molecular weight is 845 g/mol. The molecule has 0 atom stereocenters. The lowest BCUT2D eigenvalue weighted by Gasteiger charge is -2.24. The highest BCUT2D eigenvalue weighted by Gasteiger charge is 2.41. The summed E-state index contributed by atoms with van der Waals surface area (Å²) < 4.78 is 2.75. The molecule has 0 aliphatic heterocycles. The molecule has 0 radical (unpaired) electrons. The normalized spacial score (nSPS) is 14.4. The molecule has 0 amide bonds. The van der Waals surface area contributed by atoms with Crippen LogP contribution in [0.1, 0.15) is 49.9 Å². The van der Waals surface area contributed by atoms with E-state index < -0.39 is 0 Å². The van der Waals surface area contributed by atoms with Gasteiger partial charge in [0, 0.05) is 31.0 Å². The van der Waals surface area contributed by atoms with Gasteiger partial charge in [0.2, 0.25) is 0 Å². The zero-order valence-corrected chi connectivity index (χ0v) is 37.7. The summed E-state index contributed by atoms with van der Waals surface area (Å²) in [6.07, 6.45) is 0. The Hall–Kier alpha value is -7.32. The Labute approximate surface area is 383 Å². The number of thiophene rings is 1. The van der Waals surface area contributed by atoms with Crippen molar-refractivity contribution in [2.75, 3.05) is 0 Å². The fraction of sp³-hybridized carbons (Fsp3) is 0.0938. The van der Waals surface area contributed by atoms with Gasteiger partial charge in [-0.15, -0.1) is 11.3 Å². The minimum Gasteiger partial charge on any atom is -0.134 e. The molecule has 0 bridgehead atoms. The van der Waals surface area contributed by atoms with Gasteiger partial charge in [-0.1, -0.05) is 204 Å². The molecule has 1 heteroatoms. The first-order valence-electron chi connectivity index (χ1n) is 23.0. The third kappa shape index (κ3) is 4.97. The van der Waals surface area contributed by atoms with Crippen LogP contribution in [0.2, 0.25) is 0 Å². The van der Waals surface area contributed by atoms with E-state index in [1.54, 1.807) is 0 Å². The largest absolute Gasteiger partial charge is 0.134 e. The van der Waals surface area contributed by atoms with Crippen LogP contribution in [0.15, 0.2) is 194 Å². The van der Waals surface area contributed by atoms with E-state index in [-0.39, 0.29) is 10.8 Å². The maximum absolute atomic E-state index is 2.52. The summed E-state index contributed by atoms with van der Waals surface area (Å²) in [5, 5.41) is 13.1. The van der Waals surface area contributed by atoms with Crippen LogP contribution in [0.3, 0.4) is 0 Å². The highest BCUT2D eigenvalue weighted by Crippen LogP contribution is 2.59. The number of benzene rings is 11. The molecule has 2 aliphatic rings. The zero-order valence-electron chi connectivity index (χ0n) is 36.9. The van der Waals surface area contributed by atoms with Crippen LogP contribution < -0.4 is 0 Å². The van der Waals surface area contributed by atoms with Crippen molar-refractivity contribution >= 4 is 74.6 Å². The van der Waals surface area contributed by atoms with Crippen LogP contribution in [0.25, 0.3) is 119 Å². The maximum Gasteiger partial charge on any atom is 0.0433 e. The van der Waals surface area contributed by atoms with E-state index >= 15 is 0 Å². The molecular formula is C64H44S. The van der Waals surface area contributed by atoms with E-state index in [2.05, 4.69) is 222 Å². The quantitative estimate of drug-likeness (QED) is 0.155. The molecule has 65 heavy (non-hydrogen) atoms. The van der Waals surface area contributed by atoms with Crippen molar-refractivity contribution in [3.8, 4) is 55.6 Å². The van der Waals surface area contributed by atoms with Gasteiger partial charge in [-0.3, -0.25) is 0 Å². The number of hydrogen-bond acceptors (Lipinski definition) is 1. The zero-order chi connectivity index (χ0) is 43.3. The Morgan fingerprint density at radius 1 is 0.323 bits per heavy atom. The number of fused-ring (bicyclic) bond motifs is 15. The second-order valence-corrected chi connectivity index (χ2v) is 20.5. The first-order chi connectivity index (χ1) is 31.8. The van der Waals surface area contributed by atoms with Gasteiger partial charge < -0.3 is 0 Å². The molecule has 14 rings (SSSR count). The third-order valence-corrected chi connectivity index (χ3v) is 16.6. The molecule has 12 aromatic rings. The molecule has 2 aliphatic carbocycles. The summed E-state index contributed by atoms with van der Waals surface area (Å²) >= 11 is 1.96. The standard InChI is InChI=1S/C64H44S/c1-63(2)54-33-30-39(51-36-56-60(50-32-28-38-17-6-8-20-42(38)62(50)65-56)61-59(51)49-25-13-14-27-53(49)64(61,3)4)34-52(54)43-31-29-40(35-55(43)63)57-45-21-9-11-23-47(45)58(48-24-12-10-22-46(48)57)44-26-15-18-37-16-5-7-19-41(37)44/h5-36H,1-4H3. The predicted molar refractivity (Wildman–Crippen MR) is 281 cm³/mol. The van der Waals surface area contributed by atoms with Crippen molar-refractivity contribution in [1.29, 1.82) is 0 Å². The summed E-state index contributed by atoms with van der Waals surface area (Å²) in [5.41, 5.74) is 18.5. The third-order valence-electron chi connectivity index (χ3n) is 15.4. The second kappa shape index (κ2) is 13.1. The lowest BCUT2D eigenvalue weighted by atomic mass is 9.79. The van der Waals surface area contributed by atoms with E-state index in [9.17, 15) is 0 Å². The predicted octanol–water partition coefficient (Wildman–Crippen LogP) is 18.3. The van der Waals surface area contributed by atoms with Gasteiger partial charge in [-0.25, -0.2) is 0 Å². The Morgan fingerprint density at radius 2 is 0.908 bits per heavy atom. The van der Waals surface area contributed by atoms with Crippen LogP contribution >= 0.6 is 11.3 Å². The monoisotopic (exact) mass is 844 g/mol. The highest BCUT2D eigenvalue weighted by molar-refractivity contribution is 7.26. The SMILES string of the molecule is CC1(C)c2ccc(-c3cc4sc5c6ccccc6ccc5c4c4c3-c3ccccc3C4(C)C)cc2-c2ccc(-c3c4ccccc4c(-c4cccc5ccccc45)c4ccccc34)cc21. The van der Waals surface area contributed by atoms with Gasteiger partial charge in [0.15, 0.2) is 0 Å².